The van der Waals surface area contributed by atoms with Gasteiger partial charge in [0.15, 0.2) is 0 Å². The Balaban J connectivity index is 0.00000242. The number of hydrogen-bond donors (Lipinski definition) is 1. The van der Waals surface area contributed by atoms with Crippen molar-refractivity contribution in [1.29, 1.82) is 5.41 Å². The van der Waals surface area contributed by atoms with Crippen molar-refractivity contribution in [2.75, 3.05) is 7.05 Å². The number of nitro benzene ring substituents is 1. The van der Waals surface area contributed by atoms with Crippen LogP contribution in [0.25, 0.3) is 6.08 Å². The van der Waals surface area contributed by atoms with Gasteiger partial charge in [-0.3, -0.25) is 15.5 Å². The summed E-state index contributed by atoms with van der Waals surface area (Å²) in [4.78, 5) is 11.8. The van der Waals surface area contributed by atoms with Crippen LogP contribution in [0.5, 0.6) is 0 Å². The van der Waals surface area contributed by atoms with Crippen molar-refractivity contribution in [3.63, 3.8) is 0 Å². The second kappa shape index (κ2) is 7.95. The van der Waals surface area contributed by atoms with Gasteiger partial charge in [0, 0.05) is 30.9 Å². The smallest absolute Gasteiger partial charge is 0.269 e. The summed E-state index contributed by atoms with van der Waals surface area (Å²) >= 11 is 0. The van der Waals surface area contributed by atoms with E-state index in [-0.39, 0.29) is 18.1 Å². The highest BCUT2D eigenvalue weighted by Gasteiger charge is 2.04. The van der Waals surface area contributed by atoms with Crippen LogP contribution in [0.1, 0.15) is 11.1 Å². The molecule has 2 rings (SSSR count). The Hall–Kier alpha value is -2.66. The third-order valence-corrected chi connectivity index (χ3v) is 2.99. The molecule has 1 N–H and O–H groups in total. The molecule has 6 heteroatoms. The van der Waals surface area contributed by atoms with E-state index in [4.69, 9.17) is 5.41 Å². The molecule has 0 amide bonds. The van der Waals surface area contributed by atoms with Crippen LogP contribution in [0.15, 0.2) is 60.8 Å². The summed E-state index contributed by atoms with van der Waals surface area (Å²) in [6.07, 6.45) is 3.57. The molecule has 0 aliphatic heterocycles. The molecule has 2 aromatic carbocycles. The van der Waals surface area contributed by atoms with Crippen molar-refractivity contribution in [2.24, 2.45) is 0 Å². The number of amidine groups is 1. The predicted molar refractivity (Wildman–Crippen MR) is 90.4 cm³/mol. The number of benzene rings is 2. The fraction of sp³-hybridized carbons (Fsp3) is 0.0625. The Morgan fingerprint density at radius 2 is 1.73 bits per heavy atom. The maximum absolute atomic E-state index is 10.6. The van der Waals surface area contributed by atoms with Gasteiger partial charge in [0.05, 0.1) is 4.92 Å². The standard InChI is InChI=1S/C16H15N3O2.ClH/c1-18(16(17)14-5-3-2-4-6-14)12-11-13-7-9-15(10-8-13)19(20)21;/h2-12,17H,1H3;1H. The third-order valence-electron chi connectivity index (χ3n) is 2.99. The summed E-state index contributed by atoms with van der Waals surface area (Å²) in [5, 5.41) is 18.7. The molecule has 0 aromatic heterocycles. The summed E-state index contributed by atoms with van der Waals surface area (Å²) < 4.78 is 0. The number of non-ortho nitro benzene ring substituents is 1. The zero-order valence-corrected chi connectivity index (χ0v) is 12.8. The maximum atomic E-state index is 10.6. The van der Waals surface area contributed by atoms with Crippen LogP contribution >= 0.6 is 12.4 Å². The van der Waals surface area contributed by atoms with Crippen LogP contribution in [-0.2, 0) is 0 Å². The molecule has 0 unspecified atom stereocenters. The van der Waals surface area contributed by atoms with Gasteiger partial charge < -0.3 is 4.90 Å². The van der Waals surface area contributed by atoms with Gasteiger partial charge in [-0.05, 0) is 23.8 Å². The Morgan fingerprint density at radius 1 is 1.14 bits per heavy atom. The molecule has 0 radical (unpaired) electrons. The van der Waals surface area contributed by atoms with Gasteiger partial charge in [-0.2, -0.15) is 0 Å². The Bertz CT molecular complexity index is 670. The Kier molecular flexibility index (Phi) is 6.28. The second-order valence-corrected chi connectivity index (χ2v) is 4.49. The molecule has 5 nitrogen and oxygen atoms in total. The van der Waals surface area contributed by atoms with Crippen LogP contribution < -0.4 is 0 Å². The van der Waals surface area contributed by atoms with Crippen LogP contribution in [0.4, 0.5) is 5.69 Å². The molecule has 2 aromatic rings. The molecule has 0 spiro atoms. The average Bonchev–Trinajstić information content (AvgIpc) is 2.53. The van der Waals surface area contributed by atoms with E-state index < -0.39 is 4.92 Å². The normalized spacial score (nSPS) is 10.0. The Labute approximate surface area is 135 Å². The number of rotatable bonds is 4. The van der Waals surface area contributed by atoms with E-state index in [1.54, 1.807) is 36.4 Å². The highest BCUT2D eigenvalue weighted by Crippen LogP contribution is 2.13. The van der Waals surface area contributed by atoms with E-state index >= 15 is 0 Å². The summed E-state index contributed by atoms with van der Waals surface area (Å²) in [5.41, 5.74) is 1.74. The number of nitro groups is 1. The molecule has 0 aliphatic rings. The largest absolute Gasteiger partial charge is 0.336 e. The van der Waals surface area contributed by atoms with Crippen molar-refractivity contribution < 1.29 is 4.92 Å². The van der Waals surface area contributed by atoms with Crippen LogP contribution in [0.3, 0.4) is 0 Å². The van der Waals surface area contributed by atoms with Crippen molar-refractivity contribution >= 4 is 30.0 Å². The molecule has 22 heavy (non-hydrogen) atoms. The molecule has 0 heterocycles. The van der Waals surface area contributed by atoms with Gasteiger partial charge in [-0.1, -0.05) is 30.3 Å². The zero-order chi connectivity index (χ0) is 15.2. The van der Waals surface area contributed by atoms with E-state index in [2.05, 4.69) is 0 Å². The first-order valence-corrected chi connectivity index (χ1v) is 6.37. The lowest BCUT2D eigenvalue weighted by atomic mass is 10.2. The number of nitrogens with one attached hydrogen (secondary N) is 1. The van der Waals surface area contributed by atoms with Gasteiger partial charge in [-0.25, -0.2) is 0 Å². The first kappa shape index (κ1) is 17.4. The summed E-state index contributed by atoms with van der Waals surface area (Å²) in [5.74, 6) is 0.383. The topological polar surface area (TPSA) is 70.2 Å². The second-order valence-electron chi connectivity index (χ2n) is 4.49. The lowest BCUT2D eigenvalue weighted by Gasteiger charge is -2.15. The zero-order valence-electron chi connectivity index (χ0n) is 12.0. The SMILES string of the molecule is CN(C=Cc1ccc([N+](=O)[O-])cc1)C(=N)c1ccccc1.Cl. The van der Waals surface area contributed by atoms with Gasteiger partial charge in [-0.15, -0.1) is 12.4 Å². The third kappa shape index (κ3) is 4.43. The predicted octanol–water partition coefficient (Wildman–Crippen LogP) is 3.94. The van der Waals surface area contributed by atoms with E-state index in [1.807, 2.05) is 30.3 Å². The average molecular weight is 318 g/mol. The highest BCUT2D eigenvalue weighted by atomic mass is 35.5. The molecule has 0 fully saturated rings. The monoisotopic (exact) mass is 317 g/mol. The van der Waals surface area contributed by atoms with Crippen LogP contribution in [-0.4, -0.2) is 22.7 Å². The molecule has 0 saturated heterocycles. The quantitative estimate of drug-likeness (QED) is 0.402. The number of nitrogens with zero attached hydrogens (tertiary/aromatic N) is 2. The minimum Gasteiger partial charge on any atom is -0.336 e. The lowest BCUT2D eigenvalue weighted by Crippen LogP contribution is -2.20. The number of hydrogen-bond acceptors (Lipinski definition) is 3. The van der Waals surface area contributed by atoms with E-state index in [0.717, 1.165) is 11.1 Å². The van der Waals surface area contributed by atoms with Crippen molar-refractivity contribution in [3.8, 4) is 0 Å². The molecule has 0 saturated carbocycles. The molecule has 0 aliphatic carbocycles. The first-order valence-electron chi connectivity index (χ1n) is 6.37. The van der Waals surface area contributed by atoms with E-state index in [0.29, 0.717) is 5.84 Å². The van der Waals surface area contributed by atoms with Crippen LogP contribution in [0, 0.1) is 15.5 Å². The highest BCUT2D eigenvalue weighted by molar-refractivity contribution is 5.97. The van der Waals surface area contributed by atoms with E-state index in [1.165, 1.54) is 12.1 Å². The van der Waals surface area contributed by atoms with Crippen LogP contribution in [0.2, 0.25) is 0 Å². The van der Waals surface area contributed by atoms with Gasteiger partial charge in [0.2, 0.25) is 0 Å². The van der Waals surface area contributed by atoms with Gasteiger partial charge in [0.25, 0.3) is 5.69 Å². The molecule has 114 valence electrons. The summed E-state index contributed by atoms with van der Waals surface area (Å²) in [7, 11) is 1.79. The fourth-order valence-corrected chi connectivity index (χ4v) is 1.78. The minimum atomic E-state index is -0.426. The van der Waals surface area contributed by atoms with Gasteiger partial charge >= 0.3 is 0 Å². The summed E-state index contributed by atoms with van der Waals surface area (Å²) in [6.45, 7) is 0. The fourth-order valence-electron chi connectivity index (χ4n) is 1.78. The molecule has 0 bridgehead atoms. The Morgan fingerprint density at radius 3 is 2.27 bits per heavy atom. The first-order chi connectivity index (χ1) is 10.1. The summed E-state index contributed by atoms with van der Waals surface area (Å²) in [6, 6.07) is 15.7. The minimum absolute atomic E-state index is 0. The van der Waals surface area contributed by atoms with E-state index in [9.17, 15) is 10.1 Å². The molecular formula is C16H16ClN3O2. The molecular weight excluding hydrogens is 302 g/mol. The van der Waals surface area contributed by atoms with Gasteiger partial charge in [0.1, 0.15) is 5.84 Å². The molecule has 0 atom stereocenters. The lowest BCUT2D eigenvalue weighted by molar-refractivity contribution is -0.384. The van der Waals surface area contributed by atoms with Crippen molar-refractivity contribution in [2.45, 2.75) is 0 Å². The van der Waals surface area contributed by atoms with Crippen molar-refractivity contribution in [3.05, 3.63) is 82.0 Å². The maximum Gasteiger partial charge on any atom is 0.269 e. The number of halogens is 1. The van der Waals surface area contributed by atoms with Crippen molar-refractivity contribution in [1.82, 2.24) is 4.90 Å².